The highest BCUT2D eigenvalue weighted by atomic mass is 16.6. The van der Waals surface area contributed by atoms with E-state index in [1.165, 1.54) is 4.90 Å². The van der Waals surface area contributed by atoms with Crippen LogP contribution in [0.15, 0.2) is 0 Å². The molecule has 1 aliphatic heterocycles. The molecule has 1 rings (SSSR count). The Hall–Kier alpha value is -1.55. The number of rotatable bonds is 16. The summed E-state index contributed by atoms with van der Waals surface area (Å²) in [6.45, 7) is 7.87. The number of nitrogens with one attached hydrogen (secondary N) is 1. The van der Waals surface area contributed by atoms with Crippen molar-refractivity contribution in [3.05, 3.63) is 0 Å². The molecule has 27 heavy (non-hydrogen) atoms. The molecule has 1 unspecified atom stereocenters. The molecule has 0 aromatic rings. The van der Waals surface area contributed by atoms with Gasteiger partial charge in [-0.2, -0.15) is 0 Å². The summed E-state index contributed by atoms with van der Waals surface area (Å²) in [5.74, 6) is -0.475. The second-order valence-corrected chi connectivity index (χ2v) is 6.14. The number of hydrogen-bond acceptors (Lipinski definition) is 7. The summed E-state index contributed by atoms with van der Waals surface area (Å²) in [6.07, 6.45) is 0.650. The highest BCUT2D eigenvalue weighted by Crippen LogP contribution is 2.17. The topological polar surface area (TPSA) is 103 Å². The lowest BCUT2D eigenvalue weighted by atomic mass is 10.1. The predicted molar refractivity (Wildman–Crippen MR) is 97.1 cm³/mol. The molecule has 9 heteroatoms. The van der Waals surface area contributed by atoms with Crippen LogP contribution in [-0.2, 0) is 33.3 Å². The molecule has 1 fully saturated rings. The summed E-state index contributed by atoms with van der Waals surface area (Å²) in [5.41, 5.74) is 0. The monoisotopic (exact) mass is 388 g/mol. The van der Waals surface area contributed by atoms with Crippen molar-refractivity contribution < 1.29 is 33.3 Å². The Morgan fingerprint density at radius 3 is 1.96 bits per heavy atom. The van der Waals surface area contributed by atoms with Gasteiger partial charge in [0.05, 0.1) is 59.4 Å². The van der Waals surface area contributed by atoms with E-state index >= 15 is 0 Å². The van der Waals surface area contributed by atoms with Gasteiger partial charge in [0.15, 0.2) is 0 Å². The van der Waals surface area contributed by atoms with Crippen LogP contribution in [0.1, 0.15) is 26.7 Å². The van der Waals surface area contributed by atoms with Crippen LogP contribution >= 0.6 is 0 Å². The zero-order valence-corrected chi connectivity index (χ0v) is 16.4. The van der Waals surface area contributed by atoms with Crippen molar-refractivity contribution in [2.75, 3.05) is 65.9 Å². The van der Waals surface area contributed by atoms with Crippen molar-refractivity contribution in [3.8, 4) is 0 Å². The number of nitrogens with zero attached hydrogens (tertiary/aromatic N) is 1. The number of likely N-dealkylation sites (tertiary alicyclic amines) is 1. The molecule has 0 aromatic carbocycles. The van der Waals surface area contributed by atoms with Crippen LogP contribution in [0.2, 0.25) is 0 Å². The molecule has 0 aliphatic carbocycles. The molecule has 0 saturated carbocycles. The van der Waals surface area contributed by atoms with Gasteiger partial charge in [-0.15, -0.1) is 0 Å². The minimum Gasteiger partial charge on any atom is -0.379 e. The van der Waals surface area contributed by atoms with E-state index in [1.54, 1.807) is 6.92 Å². The Bertz CT molecular complexity index is 459. The molecule has 0 aromatic heterocycles. The van der Waals surface area contributed by atoms with Gasteiger partial charge in [-0.1, -0.05) is 6.92 Å². The van der Waals surface area contributed by atoms with E-state index in [0.29, 0.717) is 78.8 Å². The van der Waals surface area contributed by atoms with E-state index in [0.717, 1.165) is 0 Å². The summed E-state index contributed by atoms with van der Waals surface area (Å²) in [4.78, 5) is 35.7. The minimum absolute atomic E-state index is 0.0118. The largest absolute Gasteiger partial charge is 0.379 e. The Morgan fingerprint density at radius 1 is 0.963 bits per heavy atom. The molecule has 1 N–H and O–H groups in total. The molecule has 1 atom stereocenters. The molecule has 1 heterocycles. The molecule has 0 bridgehead atoms. The van der Waals surface area contributed by atoms with Crippen molar-refractivity contribution >= 4 is 17.7 Å². The Morgan fingerprint density at radius 2 is 1.48 bits per heavy atom. The second kappa shape index (κ2) is 14.5. The molecule has 156 valence electrons. The Kier molecular flexibility index (Phi) is 12.6. The van der Waals surface area contributed by atoms with E-state index in [4.69, 9.17) is 18.9 Å². The molecular weight excluding hydrogens is 356 g/mol. The van der Waals surface area contributed by atoms with Gasteiger partial charge in [-0.05, 0) is 6.92 Å². The third kappa shape index (κ3) is 10.4. The molecule has 9 nitrogen and oxygen atoms in total. The SMILES string of the molecule is CCNC(=O)CCOCCOCCOCCOCCN1C(=O)CC(C)C1=O. The fraction of sp³-hybridized carbons (Fsp3) is 0.833. The number of hydrogen-bond donors (Lipinski definition) is 1. The first-order valence-electron chi connectivity index (χ1n) is 9.48. The van der Waals surface area contributed by atoms with Gasteiger partial charge in [-0.3, -0.25) is 19.3 Å². The van der Waals surface area contributed by atoms with E-state index in [9.17, 15) is 14.4 Å². The summed E-state index contributed by atoms with van der Waals surface area (Å²) in [7, 11) is 0. The maximum Gasteiger partial charge on any atom is 0.232 e. The van der Waals surface area contributed by atoms with Crippen molar-refractivity contribution in [2.45, 2.75) is 26.7 Å². The maximum absolute atomic E-state index is 11.7. The third-order valence-corrected chi connectivity index (χ3v) is 3.89. The van der Waals surface area contributed by atoms with E-state index in [2.05, 4.69) is 5.32 Å². The van der Waals surface area contributed by atoms with Crippen molar-refractivity contribution in [2.24, 2.45) is 5.92 Å². The maximum atomic E-state index is 11.7. The van der Waals surface area contributed by atoms with Crippen molar-refractivity contribution in [1.82, 2.24) is 10.2 Å². The van der Waals surface area contributed by atoms with Gasteiger partial charge in [0, 0.05) is 25.3 Å². The second-order valence-electron chi connectivity index (χ2n) is 6.14. The van der Waals surface area contributed by atoms with Crippen LogP contribution in [0.25, 0.3) is 0 Å². The van der Waals surface area contributed by atoms with Gasteiger partial charge in [0.2, 0.25) is 17.7 Å². The van der Waals surface area contributed by atoms with Crippen LogP contribution in [0, 0.1) is 5.92 Å². The normalized spacial score (nSPS) is 17.0. The first kappa shape index (κ1) is 23.5. The summed E-state index contributed by atoms with van der Waals surface area (Å²) in [5, 5.41) is 2.70. The van der Waals surface area contributed by atoms with E-state index in [1.807, 2.05) is 6.92 Å². The minimum atomic E-state index is -0.216. The molecular formula is C18H32N2O7. The van der Waals surface area contributed by atoms with Crippen LogP contribution in [-0.4, -0.2) is 88.6 Å². The van der Waals surface area contributed by atoms with Gasteiger partial charge < -0.3 is 24.3 Å². The summed E-state index contributed by atoms with van der Waals surface area (Å²) >= 11 is 0. The van der Waals surface area contributed by atoms with Crippen LogP contribution in [0.3, 0.4) is 0 Å². The summed E-state index contributed by atoms with van der Waals surface area (Å²) in [6, 6.07) is 0. The fourth-order valence-corrected chi connectivity index (χ4v) is 2.45. The first-order valence-corrected chi connectivity index (χ1v) is 9.48. The third-order valence-electron chi connectivity index (χ3n) is 3.89. The lowest BCUT2D eigenvalue weighted by Gasteiger charge is -2.14. The van der Waals surface area contributed by atoms with Gasteiger partial charge in [-0.25, -0.2) is 0 Å². The van der Waals surface area contributed by atoms with Gasteiger partial charge >= 0.3 is 0 Å². The predicted octanol–water partition coefficient (Wildman–Crippen LogP) is -0.0260. The van der Waals surface area contributed by atoms with E-state index in [-0.39, 0.29) is 23.6 Å². The number of carbonyl (C=O) groups is 3. The molecule has 0 radical (unpaired) electrons. The van der Waals surface area contributed by atoms with Crippen molar-refractivity contribution in [3.63, 3.8) is 0 Å². The highest BCUT2D eigenvalue weighted by Gasteiger charge is 2.34. The number of carbonyl (C=O) groups excluding carboxylic acids is 3. The van der Waals surface area contributed by atoms with Crippen molar-refractivity contribution in [1.29, 1.82) is 0 Å². The van der Waals surface area contributed by atoms with Gasteiger partial charge in [0.25, 0.3) is 0 Å². The lowest BCUT2D eigenvalue weighted by Crippen LogP contribution is -2.33. The quantitative estimate of drug-likeness (QED) is 0.293. The lowest BCUT2D eigenvalue weighted by molar-refractivity contribution is -0.140. The number of imide groups is 1. The molecule has 3 amide bonds. The van der Waals surface area contributed by atoms with Crippen LogP contribution in [0.4, 0.5) is 0 Å². The number of ether oxygens (including phenoxy) is 4. The van der Waals surface area contributed by atoms with Gasteiger partial charge in [0.1, 0.15) is 0 Å². The molecule has 1 saturated heterocycles. The van der Waals surface area contributed by atoms with E-state index < -0.39 is 0 Å². The average Bonchev–Trinajstić information content (AvgIpc) is 2.88. The zero-order valence-electron chi connectivity index (χ0n) is 16.4. The zero-order chi connectivity index (χ0) is 19.9. The Labute approximate surface area is 160 Å². The smallest absolute Gasteiger partial charge is 0.232 e. The standard InChI is InChI=1S/C18H32N2O7/c1-3-19-16(21)4-6-24-8-10-26-12-13-27-11-9-25-7-5-20-17(22)14-15(2)18(20)23/h15H,3-14H2,1-2H3,(H,19,21). The highest BCUT2D eigenvalue weighted by molar-refractivity contribution is 6.03. The van der Waals surface area contributed by atoms with Crippen LogP contribution < -0.4 is 5.32 Å². The average molecular weight is 388 g/mol. The molecule has 0 spiro atoms. The first-order chi connectivity index (χ1) is 13.1. The number of amides is 3. The molecule has 1 aliphatic rings. The Balaban J connectivity index is 1.80. The summed E-state index contributed by atoms with van der Waals surface area (Å²) < 4.78 is 21.4. The fourth-order valence-electron chi connectivity index (χ4n) is 2.45. The van der Waals surface area contributed by atoms with Crippen LogP contribution in [0.5, 0.6) is 0 Å².